The SMILES string of the molecule is O=C(NC1C2C3CCC(C3)C12)c1ccc([N+](=O)[O-])cc1Cl. The van der Waals surface area contributed by atoms with Gasteiger partial charge in [-0.15, -0.1) is 0 Å². The van der Waals surface area contributed by atoms with Gasteiger partial charge in [0.15, 0.2) is 0 Å². The lowest BCUT2D eigenvalue weighted by molar-refractivity contribution is -0.384. The van der Waals surface area contributed by atoms with Crippen molar-refractivity contribution in [1.82, 2.24) is 5.32 Å². The van der Waals surface area contributed by atoms with E-state index in [9.17, 15) is 14.9 Å². The first-order valence-electron chi connectivity index (χ1n) is 7.31. The molecule has 3 aliphatic rings. The highest BCUT2D eigenvalue weighted by Gasteiger charge is 2.65. The molecule has 3 fully saturated rings. The maximum absolute atomic E-state index is 12.3. The lowest BCUT2D eigenvalue weighted by atomic mass is 10.0. The number of non-ortho nitro benzene ring substituents is 1. The lowest BCUT2D eigenvalue weighted by Gasteiger charge is -2.11. The molecule has 21 heavy (non-hydrogen) atoms. The predicted molar refractivity (Wildman–Crippen MR) is 77.2 cm³/mol. The summed E-state index contributed by atoms with van der Waals surface area (Å²) in [6, 6.07) is 4.27. The minimum absolute atomic E-state index is 0.0992. The molecule has 0 saturated heterocycles. The Hall–Kier alpha value is -1.62. The van der Waals surface area contributed by atoms with Crippen LogP contribution in [0, 0.1) is 33.8 Å². The molecule has 1 aromatic rings. The third-order valence-electron chi connectivity index (χ3n) is 5.44. The predicted octanol–water partition coefficient (Wildman–Crippen LogP) is 3.02. The van der Waals surface area contributed by atoms with Gasteiger partial charge in [-0.2, -0.15) is 0 Å². The Bertz CT molecular complexity index is 632. The summed E-state index contributed by atoms with van der Waals surface area (Å²) in [5.74, 6) is 2.68. The first-order valence-corrected chi connectivity index (χ1v) is 7.69. The molecule has 2 bridgehead atoms. The number of hydrogen-bond donors (Lipinski definition) is 1. The molecule has 4 unspecified atom stereocenters. The summed E-state index contributed by atoms with van der Waals surface area (Å²) in [5, 5.41) is 13.9. The molecule has 110 valence electrons. The molecule has 0 radical (unpaired) electrons. The Kier molecular flexibility index (Phi) is 2.76. The molecule has 1 N–H and O–H groups in total. The van der Waals surface area contributed by atoms with E-state index in [1.54, 1.807) is 0 Å². The molecule has 3 aliphatic carbocycles. The maximum atomic E-state index is 12.3. The minimum Gasteiger partial charge on any atom is -0.349 e. The molecule has 6 heteroatoms. The van der Waals surface area contributed by atoms with E-state index in [1.807, 2.05) is 0 Å². The monoisotopic (exact) mass is 306 g/mol. The fraction of sp³-hybridized carbons (Fsp3) is 0.533. The van der Waals surface area contributed by atoms with Gasteiger partial charge in [-0.3, -0.25) is 14.9 Å². The third-order valence-corrected chi connectivity index (χ3v) is 5.75. The Labute approximate surface area is 126 Å². The number of hydrogen-bond acceptors (Lipinski definition) is 3. The zero-order valence-electron chi connectivity index (χ0n) is 11.3. The van der Waals surface area contributed by atoms with E-state index in [1.165, 1.54) is 37.5 Å². The first kappa shape index (κ1) is 13.1. The molecule has 0 spiro atoms. The topological polar surface area (TPSA) is 72.2 Å². The van der Waals surface area contributed by atoms with Crippen LogP contribution in [-0.4, -0.2) is 16.9 Å². The fourth-order valence-corrected chi connectivity index (χ4v) is 4.81. The van der Waals surface area contributed by atoms with Gasteiger partial charge in [-0.05, 0) is 49.0 Å². The average Bonchev–Trinajstić information content (AvgIpc) is 2.83. The molecule has 1 amide bonds. The van der Waals surface area contributed by atoms with Crippen molar-refractivity contribution in [2.45, 2.75) is 25.3 Å². The van der Waals surface area contributed by atoms with Crippen molar-refractivity contribution in [3.63, 3.8) is 0 Å². The molecule has 0 heterocycles. The summed E-state index contributed by atoms with van der Waals surface area (Å²) in [5.41, 5.74) is 0.220. The van der Waals surface area contributed by atoms with Crippen LogP contribution in [0.25, 0.3) is 0 Å². The van der Waals surface area contributed by atoms with Crippen LogP contribution in [0.1, 0.15) is 29.6 Å². The van der Waals surface area contributed by atoms with E-state index in [-0.39, 0.29) is 22.7 Å². The second kappa shape index (κ2) is 4.44. The van der Waals surface area contributed by atoms with Crippen molar-refractivity contribution in [1.29, 1.82) is 0 Å². The quantitative estimate of drug-likeness (QED) is 0.689. The van der Waals surface area contributed by atoms with Crippen molar-refractivity contribution in [3.8, 4) is 0 Å². The van der Waals surface area contributed by atoms with E-state index in [0.717, 1.165) is 11.8 Å². The number of nitro benzene ring substituents is 1. The van der Waals surface area contributed by atoms with Gasteiger partial charge in [-0.25, -0.2) is 0 Å². The Balaban J connectivity index is 1.48. The highest BCUT2D eigenvalue weighted by atomic mass is 35.5. The summed E-state index contributed by atoms with van der Waals surface area (Å²) < 4.78 is 0. The molecule has 4 atom stereocenters. The highest BCUT2D eigenvalue weighted by Crippen LogP contribution is 2.65. The van der Waals surface area contributed by atoms with E-state index >= 15 is 0 Å². The number of fused-ring (bicyclic) bond motifs is 5. The van der Waals surface area contributed by atoms with Crippen LogP contribution in [0.4, 0.5) is 5.69 Å². The van der Waals surface area contributed by atoms with Crippen LogP contribution >= 0.6 is 11.6 Å². The van der Waals surface area contributed by atoms with E-state index < -0.39 is 4.92 Å². The highest BCUT2D eigenvalue weighted by molar-refractivity contribution is 6.34. The average molecular weight is 307 g/mol. The van der Waals surface area contributed by atoms with Gasteiger partial charge in [-0.1, -0.05) is 11.6 Å². The van der Waals surface area contributed by atoms with Crippen LogP contribution in [0.5, 0.6) is 0 Å². The van der Waals surface area contributed by atoms with Gasteiger partial charge in [0.2, 0.25) is 0 Å². The number of nitrogens with zero attached hydrogens (tertiary/aromatic N) is 1. The Morgan fingerprint density at radius 2 is 1.95 bits per heavy atom. The minimum atomic E-state index is -0.517. The standard InChI is InChI=1S/C15H15ClN2O3/c16-11-6-9(18(20)21)3-4-10(11)15(19)17-14-12-7-1-2-8(5-7)13(12)14/h3-4,6-8,12-14H,1-2,5H2,(H,17,19). The van der Waals surface area contributed by atoms with Crippen LogP contribution in [0.3, 0.4) is 0 Å². The normalized spacial score (nSPS) is 35.4. The van der Waals surface area contributed by atoms with Crippen molar-refractivity contribution in [2.24, 2.45) is 23.7 Å². The molecule has 5 nitrogen and oxygen atoms in total. The van der Waals surface area contributed by atoms with Crippen LogP contribution in [0.2, 0.25) is 5.02 Å². The number of rotatable bonds is 3. The number of nitro groups is 1. The van der Waals surface area contributed by atoms with E-state index in [4.69, 9.17) is 11.6 Å². The van der Waals surface area contributed by atoms with Gasteiger partial charge < -0.3 is 5.32 Å². The molecule has 0 aromatic heterocycles. The summed E-state index contributed by atoms with van der Waals surface area (Å²) in [6.45, 7) is 0. The van der Waals surface area contributed by atoms with Gasteiger partial charge in [0.05, 0.1) is 15.5 Å². The van der Waals surface area contributed by atoms with Crippen LogP contribution < -0.4 is 5.32 Å². The maximum Gasteiger partial charge on any atom is 0.270 e. The summed E-state index contributed by atoms with van der Waals surface area (Å²) in [6.07, 6.45) is 3.94. The fourth-order valence-electron chi connectivity index (χ4n) is 4.55. The van der Waals surface area contributed by atoms with Crippen LogP contribution in [-0.2, 0) is 0 Å². The molecule has 0 aliphatic heterocycles. The number of carbonyl (C=O) groups is 1. The van der Waals surface area contributed by atoms with Gasteiger partial charge in [0.25, 0.3) is 11.6 Å². The zero-order valence-corrected chi connectivity index (χ0v) is 12.0. The Morgan fingerprint density at radius 1 is 1.29 bits per heavy atom. The molecular weight excluding hydrogens is 292 g/mol. The Morgan fingerprint density at radius 3 is 2.52 bits per heavy atom. The number of carbonyl (C=O) groups excluding carboxylic acids is 1. The number of amides is 1. The summed E-state index contributed by atoms with van der Waals surface area (Å²) in [4.78, 5) is 22.5. The zero-order chi connectivity index (χ0) is 14.7. The summed E-state index contributed by atoms with van der Waals surface area (Å²) >= 11 is 6.00. The first-order chi connectivity index (χ1) is 10.1. The second-order valence-electron chi connectivity index (χ2n) is 6.41. The van der Waals surface area contributed by atoms with Crippen molar-refractivity contribution in [3.05, 3.63) is 38.9 Å². The number of halogens is 1. The van der Waals surface area contributed by atoms with Crippen molar-refractivity contribution >= 4 is 23.2 Å². The second-order valence-corrected chi connectivity index (χ2v) is 6.82. The van der Waals surface area contributed by atoms with Crippen molar-refractivity contribution < 1.29 is 9.72 Å². The van der Waals surface area contributed by atoms with Crippen LogP contribution in [0.15, 0.2) is 18.2 Å². The third kappa shape index (κ3) is 1.94. The molecule has 1 aromatic carbocycles. The molecule has 3 saturated carbocycles. The van der Waals surface area contributed by atoms with Gasteiger partial charge in [0, 0.05) is 18.2 Å². The number of nitrogens with one attached hydrogen (secondary N) is 1. The summed E-state index contributed by atoms with van der Waals surface area (Å²) in [7, 11) is 0. The van der Waals surface area contributed by atoms with Crippen molar-refractivity contribution in [2.75, 3.05) is 0 Å². The molecule has 4 rings (SSSR count). The van der Waals surface area contributed by atoms with Gasteiger partial charge >= 0.3 is 0 Å². The van der Waals surface area contributed by atoms with E-state index in [0.29, 0.717) is 17.4 Å². The largest absolute Gasteiger partial charge is 0.349 e. The number of benzene rings is 1. The van der Waals surface area contributed by atoms with E-state index in [2.05, 4.69) is 5.32 Å². The lowest BCUT2D eigenvalue weighted by Crippen LogP contribution is -2.30. The smallest absolute Gasteiger partial charge is 0.270 e. The molecular formula is C15H15ClN2O3. The van der Waals surface area contributed by atoms with Gasteiger partial charge in [0.1, 0.15) is 0 Å².